The van der Waals surface area contributed by atoms with Gasteiger partial charge < -0.3 is 10.5 Å². The van der Waals surface area contributed by atoms with Crippen LogP contribution >= 0.6 is 0 Å². The van der Waals surface area contributed by atoms with Crippen LogP contribution in [-0.2, 0) is 0 Å². The fourth-order valence-corrected chi connectivity index (χ4v) is 3.96. The maximum atomic E-state index is 14.4. The van der Waals surface area contributed by atoms with Crippen LogP contribution in [0.4, 0.5) is 8.78 Å². The van der Waals surface area contributed by atoms with Gasteiger partial charge in [-0.2, -0.15) is 10.4 Å². The molecule has 4 rings (SSSR count). The summed E-state index contributed by atoms with van der Waals surface area (Å²) in [6, 6.07) is 11.3. The average molecular weight is 408 g/mol. The summed E-state index contributed by atoms with van der Waals surface area (Å²) < 4.78 is 35.6. The molecule has 1 heterocycles. The third kappa shape index (κ3) is 3.79. The second-order valence-corrected chi connectivity index (χ2v) is 7.60. The Morgan fingerprint density at radius 2 is 1.77 bits per heavy atom. The van der Waals surface area contributed by atoms with Crippen LogP contribution < -0.4 is 10.5 Å². The zero-order valence-corrected chi connectivity index (χ0v) is 16.6. The smallest absolute Gasteiger partial charge is 0.165 e. The van der Waals surface area contributed by atoms with E-state index in [1.807, 2.05) is 16.9 Å². The van der Waals surface area contributed by atoms with Crippen molar-refractivity contribution >= 4 is 0 Å². The van der Waals surface area contributed by atoms with E-state index in [0.29, 0.717) is 22.4 Å². The molecule has 30 heavy (non-hydrogen) atoms. The Labute approximate surface area is 173 Å². The molecular weight excluding hydrogens is 386 g/mol. The summed E-state index contributed by atoms with van der Waals surface area (Å²) in [5.41, 5.74) is 8.38. The van der Waals surface area contributed by atoms with Gasteiger partial charge >= 0.3 is 0 Å². The first-order valence-electron chi connectivity index (χ1n) is 9.89. The maximum absolute atomic E-state index is 14.4. The second kappa shape index (κ2) is 8.25. The molecule has 0 saturated heterocycles. The Morgan fingerprint density at radius 1 is 1.07 bits per heavy atom. The van der Waals surface area contributed by atoms with Crippen molar-refractivity contribution in [1.29, 1.82) is 5.26 Å². The van der Waals surface area contributed by atoms with E-state index < -0.39 is 11.6 Å². The standard InChI is InChI=1S/C23H22F2N4O/c1-30-22-9-4-15(11-21(22)25)23-19(14-2-3-16(12-26)20(24)10-14)13-29(28-23)18-7-5-17(27)6-8-18/h2-4,9-11,13,17-18H,5-8,27H2,1H3. The number of nitriles is 1. The van der Waals surface area contributed by atoms with Crippen LogP contribution in [-0.4, -0.2) is 22.9 Å². The highest BCUT2D eigenvalue weighted by atomic mass is 19.1. The normalized spacial score (nSPS) is 18.8. The summed E-state index contributed by atoms with van der Waals surface area (Å²) in [7, 11) is 1.41. The predicted molar refractivity (Wildman–Crippen MR) is 110 cm³/mol. The Hall–Kier alpha value is -3.24. The molecule has 1 aliphatic rings. The van der Waals surface area contributed by atoms with Gasteiger partial charge in [0, 0.05) is 23.4 Å². The van der Waals surface area contributed by atoms with Gasteiger partial charge in [-0.25, -0.2) is 8.78 Å². The van der Waals surface area contributed by atoms with Crippen LogP contribution in [0.15, 0.2) is 42.6 Å². The van der Waals surface area contributed by atoms with Crippen LogP contribution in [0.25, 0.3) is 22.4 Å². The van der Waals surface area contributed by atoms with Crippen molar-refractivity contribution < 1.29 is 13.5 Å². The van der Waals surface area contributed by atoms with Gasteiger partial charge in [0.1, 0.15) is 17.6 Å². The van der Waals surface area contributed by atoms with Crippen molar-refractivity contribution in [3.63, 3.8) is 0 Å². The molecule has 0 atom stereocenters. The first-order chi connectivity index (χ1) is 14.5. The monoisotopic (exact) mass is 408 g/mol. The van der Waals surface area contributed by atoms with Gasteiger partial charge in [0.05, 0.1) is 18.7 Å². The number of aromatic nitrogens is 2. The summed E-state index contributed by atoms with van der Waals surface area (Å²) >= 11 is 0. The van der Waals surface area contributed by atoms with Gasteiger partial charge in [0.15, 0.2) is 11.6 Å². The number of nitrogens with zero attached hydrogens (tertiary/aromatic N) is 3. The fourth-order valence-electron chi connectivity index (χ4n) is 3.96. The highest BCUT2D eigenvalue weighted by Gasteiger charge is 2.24. The van der Waals surface area contributed by atoms with Crippen LogP contribution in [0, 0.1) is 23.0 Å². The number of rotatable bonds is 4. The lowest BCUT2D eigenvalue weighted by atomic mass is 9.92. The van der Waals surface area contributed by atoms with Gasteiger partial charge in [-0.3, -0.25) is 4.68 Å². The van der Waals surface area contributed by atoms with Crippen molar-refractivity contribution in [2.24, 2.45) is 5.73 Å². The molecule has 2 aromatic carbocycles. The van der Waals surface area contributed by atoms with Crippen LogP contribution in [0.3, 0.4) is 0 Å². The Balaban J connectivity index is 1.82. The summed E-state index contributed by atoms with van der Waals surface area (Å²) in [6.45, 7) is 0. The molecule has 0 spiro atoms. The molecule has 2 N–H and O–H groups in total. The number of hydrogen-bond donors (Lipinski definition) is 1. The Kier molecular flexibility index (Phi) is 5.51. The van der Waals surface area contributed by atoms with E-state index in [-0.39, 0.29) is 23.4 Å². The Morgan fingerprint density at radius 3 is 2.40 bits per heavy atom. The van der Waals surface area contributed by atoms with E-state index in [4.69, 9.17) is 20.8 Å². The minimum absolute atomic E-state index is 0.0237. The lowest BCUT2D eigenvalue weighted by Crippen LogP contribution is -2.28. The van der Waals surface area contributed by atoms with Gasteiger partial charge in [0.25, 0.3) is 0 Å². The van der Waals surface area contributed by atoms with E-state index in [1.54, 1.807) is 18.2 Å². The van der Waals surface area contributed by atoms with Crippen molar-refractivity contribution in [2.75, 3.05) is 7.11 Å². The van der Waals surface area contributed by atoms with Crippen molar-refractivity contribution in [3.8, 4) is 34.2 Å². The highest BCUT2D eigenvalue weighted by Crippen LogP contribution is 2.36. The number of halogens is 2. The largest absolute Gasteiger partial charge is 0.494 e. The molecule has 1 aliphatic carbocycles. The molecule has 0 unspecified atom stereocenters. The Bertz CT molecular complexity index is 1110. The minimum atomic E-state index is -0.599. The molecular formula is C23H22F2N4O. The van der Waals surface area contributed by atoms with Crippen LogP contribution in [0.5, 0.6) is 5.75 Å². The van der Waals surface area contributed by atoms with E-state index in [9.17, 15) is 8.78 Å². The molecule has 0 radical (unpaired) electrons. The number of methoxy groups -OCH3 is 1. The quantitative estimate of drug-likeness (QED) is 0.672. The zero-order valence-electron chi connectivity index (χ0n) is 16.6. The maximum Gasteiger partial charge on any atom is 0.165 e. The SMILES string of the molecule is COc1ccc(-c2nn(C3CCC(N)CC3)cc2-c2ccc(C#N)c(F)c2)cc1F. The van der Waals surface area contributed by atoms with E-state index >= 15 is 0 Å². The van der Waals surface area contributed by atoms with Crippen molar-refractivity contribution in [1.82, 2.24) is 9.78 Å². The van der Waals surface area contributed by atoms with Crippen molar-refractivity contribution in [2.45, 2.75) is 37.8 Å². The number of hydrogen-bond acceptors (Lipinski definition) is 4. The summed E-state index contributed by atoms with van der Waals surface area (Å²) in [4.78, 5) is 0. The molecule has 1 saturated carbocycles. The predicted octanol–water partition coefficient (Wildman–Crippen LogP) is 4.82. The number of benzene rings is 2. The summed E-state index contributed by atoms with van der Waals surface area (Å²) in [5, 5.41) is 13.8. The van der Waals surface area contributed by atoms with Crippen LogP contribution in [0.2, 0.25) is 0 Å². The van der Waals surface area contributed by atoms with Gasteiger partial charge in [-0.15, -0.1) is 0 Å². The average Bonchev–Trinajstić information content (AvgIpc) is 3.19. The fraction of sp³-hybridized carbons (Fsp3) is 0.304. The summed E-state index contributed by atoms with van der Waals surface area (Å²) in [6.07, 6.45) is 5.51. The molecule has 5 nitrogen and oxygen atoms in total. The van der Waals surface area contributed by atoms with Gasteiger partial charge in [-0.1, -0.05) is 6.07 Å². The third-order valence-electron chi connectivity index (χ3n) is 5.67. The zero-order chi connectivity index (χ0) is 21.3. The lowest BCUT2D eigenvalue weighted by Gasteiger charge is -2.26. The molecule has 154 valence electrons. The second-order valence-electron chi connectivity index (χ2n) is 7.60. The first kappa shape index (κ1) is 20.0. The van der Waals surface area contributed by atoms with Gasteiger partial charge in [-0.05, 0) is 61.6 Å². The van der Waals surface area contributed by atoms with E-state index in [0.717, 1.165) is 25.7 Å². The number of ether oxygens (including phenoxy) is 1. The van der Waals surface area contributed by atoms with E-state index in [1.165, 1.54) is 25.3 Å². The molecule has 1 fully saturated rings. The molecule has 0 bridgehead atoms. The van der Waals surface area contributed by atoms with Gasteiger partial charge in [0.2, 0.25) is 0 Å². The van der Waals surface area contributed by atoms with Crippen LogP contribution in [0.1, 0.15) is 37.3 Å². The summed E-state index contributed by atoms with van der Waals surface area (Å²) in [5.74, 6) is -0.950. The van der Waals surface area contributed by atoms with E-state index in [2.05, 4.69) is 0 Å². The molecule has 7 heteroatoms. The number of nitrogens with two attached hydrogens (primary N) is 1. The minimum Gasteiger partial charge on any atom is -0.494 e. The molecule has 0 aliphatic heterocycles. The first-order valence-corrected chi connectivity index (χ1v) is 9.89. The third-order valence-corrected chi connectivity index (χ3v) is 5.67. The topological polar surface area (TPSA) is 76.9 Å². The lowest BCUT2D eigenvalue weighted by molar-refractivity contribution is 0.305. The van der Waals surface area contributed by atoms with Crippen molar-refractivity contribution in [3.05, 3.63) is 59.8 Å². The molecule has 0 amide bonds. The molecule has 1 aromatic heterocycles. The highest BCUT2D eigenvalue weighted by molar-refractivity contribution is 5.81. The molecule has 3 aromatic rings.